The van der Waals surface area contributed by atoms with Crippen LogP contribution >= 0.6 is 0 Å². The van der Waals surface area contributed by atoms with Gasteiger partial charge in [-0.05, 0) is 67.3 Å². The third kappa shape index (κ3) is 6.03. The molecular formula is C30H41NO5. The molecule has 0 aliphatic carbocycles. The van der Waals surface area contributed by atoms with Crippen molar-refractivity contribution in [3.05, 3.63) is 51.6 Å². The Balaban J connectivity index is 2.05. The van der Waals surface area contributed by atoms with Crippen LogP contribution in [0.3, 0.4) is 0 Å². The van der Waals surface area contributed by atoms with E-state index in [1.807, 2.05) is 26.8 Å². The van der Waals surface area contributed by atoms with E-state index in [2.05, 4.69) is 52.1 Å². The van der Waals surface area contributed by atoms with E-state index < -0.39 is 5.97 Å². The molecule has 2 aromatic carbocycles. The van der Waals surface area contributed by atoms with Gasteiger partial charge in [0.05, 0.1) is 19.1 Å². The molecule has 0 fully saturated rings. The molecule has 1 N–H and O–H groups in total. The molecule has 6 heteroatoms. The van der Waals surface area contributed by atoms with Gasteiger partial charge in [0.15, 0.2) is 6.61 Å². The summed E-state index contributed by atoms with van der Waals surface area (Å²) in [7, 11) is 0. The molecule has 0 spiro atoms. The second-order valence-electron chi connectivity index (χ2n) is 11.2. The molecule has 0 bridgehead atoms. The first-order valence-corrected chi connectivity index (χ1v) is 12.8. The van der Waals surface area contributed by atoms with Crippen molar-refractivity contribution in [2.24, 2.45) is 5.41 Å². The Hall–Kier alpha value is -3.02. The van der Waals surface area contributed by atoms with Gasteiger partial charge in [-0.3, -0.25) is 4.79 Å². The van der Waals surface area contributed by atoms with E-state index in [0.29, 0.717) is 31.3 Å². The SMILES string of the molecule is CCOC(=O)COc1cc(C(C)C)ccc1C1COc2c(C)c(C)c(NC(=O)CC(C)(C)C)c(C)c21. The normalized spacial score (nSPS) is 14.9. The van der Waals surface area contributed by atoms with Crippen LogP contribution in [0.4, 0.5) is 5.69 Å². The molecule has 36 heavy (non-hydrogen) atoms. The zero-order valence-electron chi connectivity index (χ0n) is 23.3. The van der Waals surface area contributed by atoms with E-state index in [4.69, 9.17) is 14.2 Å². The lowest BCUT2D eigenvalue weighted by Gasteiger charge is -2.23. The van der Waals surface area contributed by atoms with Crippen LogP contribution in [-0.2, 0) is 14.3 Å². The van der Waals surface area contributed by atoms with E-state index >= 15 is 0 Å². The smallest absolute Gasteiger partial charge is 0.344 e. The highest BCUT2D eigenvalue weighted by atomic mass is 16.6. The molecular weight excluding hydrogens is 454 g/mol. The maximum Gasteiger partial charge on any atom is 0.344 e. The predicted octanol–water partition coefficient (Wildman–Crippen LogP) is 6.58. The fourth-order valence-electron chi connectivity index (χ4n) is 4.76. The molecule has 0 aromatic heterocycles. The van der Waals surface area contributed by atoms with Crippen LogP contribution in [0.1, 0.15) is 93.2 Å². The monoisotopic (exact) mass is 495 g/mol. The summed E-state index contributed by atoms with van der Waals surface area (Å²) in [6, 6.07) is 6.20. The van der Waals surface area contributed by atoms with Gasteiger partial charge in [0.2, 0.25) is 5.91 Å². The fraction of sp³-hybridized carbons (Fsp3) is 0.533. The van der Waals surface area contributed by atoms with Crippen molar-refractivity contribution in [1.29, 1.82) is 0 Å². The lowest BCUT2D eigenvalue weighted by atomic mass is 9.85. The summed E-state index contributed by atoms with van der Waals surface area (Å²) in [6.45, 7) is 18.9. The molecule has 0 saturated heterocycles. The molecule has 196 valence electrons. The predicted molar refractivity (Wildman–Crippen MR) is 143 cm³/mol. The number of anilines is 1. The summed E-state index contributed by atoms with van der Waals surface area (Å²) < 4.78 is 17.3. The number of nitrogens with one attached hydrogen (secondary N) is 1. The van der Waals surface area contributed by atoms with Gasteiger partial charge >= 0.3 is 5.97 Å². The highest BCUT2D eigenvalue weighted by Gasteiger charge is 2.34. The second kappa shape index (κ2) is 10.9. The van der Waals surface area contributed by atoms with Crippen molar-refractivity contribution in [2.75, 3.05) is 25.1 Å². The fourth-order valence-corrected chi connectivity index (χ4v) is 4.76. The van der Waals surface area contributed by atoms with Crippen LogP contribution < -0.4 is 14.8 Å². The molecule has 3 rings (SSSR count). The zero-order chi connectivity index (χ0) is 26.8. The number of amides is 1. The number of ether oxygens (including phenoxy) is 3. The van der Waals surface area contributed by atoms with Gasteiger partial charge in [-0.2, -0.15) is 0 Å². The Labute approximate surface area is 215 Å². The van der Waals surface area contributed by atoms with Gasteiger partial charge in [-0.25, -0.2) is 4.79 Å². The molecule has 1 unspecified atom stereocenters. The largest absolute Gasteiger partial charge is 0.492 e. The van der Waals surface area contributed by atoms with Crippen molar-refractivity contribution in [3.8, 4) is 11.5 Å². The van der Waals surface area contributed by atoms with E-state index in [0.717, 1.165) is 44.8 Å². The molecule has 0 saturated carbocycles. The summed E-state index contributed by atoms with van der Waals surface area (Å²) in [5.41, 5.74) is 6.94. The van der Waals surface area contributed by atoms with E-state index in [-0.39, 0.29) is 23.8 Å². The van der Waals surface area contributed by atoms with Gasteiger partial charge < -0.3 is 19.5 Å². The topological polar surface area (TPSA) is 73.9 Å². The maximum atomic E-state index is 12.8. The Morgan fingerprint density at radius 3 is 2.42 bits per heavy atom. The first-order valence-electron chi connectivity index (χ1n) is 12.8. The third-order valence-corrected chi connectivity index (χ3v) is 6.73. The molecule has 1 heterocycles. The standard InChI is InChI=1S/C30H41NO5/c1-10-34-26(33)16-35-24-13-21(17(2)3)11-12-22(24)23-15-36-29-19(5)18(4)28(20(6)27(23)29)31-25(32)14-30(7,8)9/h11-13,17,23H,10,14-16H2,1-9H3,(H,31,32). The Bertz CT molecular complexity index is 1140. The molecule has 1 amide bonds. The van der Waals surface area contributed by atoms with E-state index in [1.165, 1.54) is 0 Å². The van der Waals surface area contributed by atoms with Crippen LogP contribution in [0, 0.1) is 26.2 Å². The minimum atomic E-state index is -0.395. The second-order valence-corrected chi connectivity index (χ2v) is 11.2. The number of benzene rings is 2. The molecule has 0 radical (unpaired) electrons. The summed E-state index contributed by atoms with van der Waals surface area (Å²) in [5, 5.41) is 3.18. The van der Waals surface area contributed by atoms with Gasteiger partial charge in [0, 0.05) is 23.2 Å². The van der Waals surface area contributed by atoms with E-state index in [1.54, 1.807) is 6.92 Å². The summed E-state index contributed by atoms with van der Waals surface area (Å²) in [6.07, 6.45) is 0.435. The molecule has 1 atom stereocenters. The van der Waals surface area contributed by atoms with Crippen LogP contribution in [0.5, 0.6) is 11.5 Å². The zero-order valence-corrected chi connectivity index (χ0v) is 23.3. The Kier molecular flexibility index (Phi) is 8.37. The number of carbonyl (C=O) groups is 2. The van der Waals surface area contributed by atoms with Gasteiger partial charge in [-0.15, -0.1) is 0 Å². The minimum Gasteiger partial charge on any atom is -0.492 e. The van der Waals surface area contributed by atoms with E-state index in [9.17, 15) is 9.59 Å². The number of hydrogen-bond donors (Lipinski definition) is 1. The number of rotatable bonds is 8. The Morgan fingerprint density at radius 1 is 1.11 bits per heavy atom. The van der Waals surface area contributed by atoms with Crippen LogP contribution in [0.2, 0.25) is 0 Å². The van der Waals surface area contributed by atoms with Gasteiger partial charge in [-0.1, -0.05) is 46.8 Å². The molecule has 1 aliphatic heterocycles. The number of fused-ring (bicyclic) bond motifs is 1. The van der Waals surface area contributed by atoms with Gasteiger partial charge in [0.1, 0.15) is 11.5 Å². The lowest BCUT2D eigenvalue weighted by Crippen LogP contribution is -2.21. The van der Waals surface area contributed by atoms with Crippen LogP contribution in [0.25, 0.3) is 0 Å². The summed E-state index contributed by atoms with van der Waals surface area (Å²) >= 11 is 0. The molecule has 2 aromatic rings. The summed E-state index contributed by atoms with van der Waals surface area (Å²) in [4.78, 5) is 24.9. The van der Waals surface area contributed by atoms with Crippen molar-refractivity contribution in [1.82, 2.24) is 0 Å². The van der Waals surface area contributed by atoms with Crippen molar-refractivity contribution >= 4 is 17.6 Å². The number of esters is 1. The number of hydrogen-bond acceptors (Lipinski definition) is 5. The first kappa shape index (κ1) is 27.6. The third-order valence-electron chi connectivity index (χ3n) is 6.73. The summed E-state index contributed by atoms with van der Waals surface area (Å²) in [5.74, 6) is 1.36. The first-order chi connectivity index (χ1) is 16.8. The molecule has 1 aliphatic rings. The van der Waals surface area contributed by atoms with Crippen molar-refractivity contribution in [2.45, 2.75) is 80.6 Å². The van der Waals surface area contributed by atoms with Crippen molar-refractivity contribution in [3.63, 3.8) is 0 Å². The lowest BCUT2D eigenvalue weighted by molar-refractivity contribution is -0.145. The van der Waals surface area contributed by atoms with Gasteiger partial charge in [0.25, 0.3) is 0 Å². The van der Waals surface area contributed by atoms with Crippen LogP contribution in [-0.4, -0.2) is 31.7 Å². The van der Waals surface area contributed by atoms with Crippen LogP contribution in [0.15, 0.2) is 18.2 Å². The average Bonchev–Trinajstić information content (AvgIpc) is 3.23. The van der Waals surface area contributed by atoms with Crippen molar-refractivity contribution < 1.29 is 23.8 Å². The Morgan fingerprint density at radius 2 is 1.81 bits per heavy atom. The molecule has 6 nitrogen and oxygen atoms in total. The average molecular weight is 496 g/mol. The maximum absolute atomic E-state index is 12.8. The highest BCUT2D eigenvalue weighted by Crippen LogP contribution is 2.48. The highest BCUT2D eigenvalue weighted by molar-refractivity contribution is 5.93. The quantitative estimate of drug-likeness (QED) is 0.419. The number of carbonyl (C=O) groups excluding carboxylic acids is 2. The minimum absolute atomic E-state index is 0.00302.